The van der Waals surface area contributed by atoms with Gasteiger partial charge in [0.05, 0.1) is 16.4 Å². The van der Waals surface area contributed by atoms with Gasteiger partial charge in [-0.25, -0.2) is 4.98 Å². The zero-order chi connectivity index (χ0) is 14.0. The molecule has 3 nitrogen and oxygen atoms in total. The first-order valence-electron chi connectivity index (χ1n) is 6.17. The second-order valence-electron chi connectivity index (χ2n) is 4.83. The summed E-state index contributed by atoms with van der Waals surface area (Å²) in [5.41, 5.74) is 8.80. The van der Waals surface area contributed by atoms with E-state index in [1.807, 2.05) is 12.1 Å². The Hall–Kier alpha value is -1.55. The molecular weight excluding hydrogens is 304 g/mol. The number of halogens is 1. The second kappa shape index (κ2) is 5.61. The SMILES string of the molecule is Cc1cc(Oc2ncc(N)cc2Br)ccc1C(C)C. The van der Waals surface area contributed by atoms with Gasteiger partial charge in [0.1, 0.15) is 5.75 Å². The minimum absolute atomic E-state index is 0.510. The van der Waals surface area contributed by atoms with Crippen LogP contribution in [0.5, 0.6) is 11.6 Å². The number of ether oxygens (including phenoxy) is 1. The lowest BCUT2D eigenvalue weighted by atomic mass is 9.98. The van der Waals surface area contributed by atoms with Crippen molar-refractivity contribution in [1.29, 1.82) is 0 Å². The monoisotopic (exact) mass is 320 g/mol. The molecule has 0 unspecified atom stereocenters. The molecule has 100 valence electrons. The number of benzene rings is 1. The molecule has 2 aromatic rings. The molecule has 0 saturated heterocycles. The molecule has 1 aromatic carbocycles. The van der Waals surface area contributed by atoms with Gasteiger partial charge in [-0.15, -0.1) is 0 Å². The van der Waals surface area contributed by atoms with E-state index in [2.05, 4.69) is 47.8 Å². The van der Waals surface area contributed by atoms with E-state index in [4.69, 9.17) is 10.5 Å². The van der Waals surface area contributed by atoms with Crippen LogP contribution < -0.4 is 10.5 Å². The van der Waals surface area contributed by atoms with Crippen LogP contribution in [-0.4, -0.2) is 4.98 Å². The number of nitrogen functional groups attached to an aromatic ring is 1. The maximum Gasteiger partial charge on any atom is 0.233 e. The van der Waals surface area contributed by atoms with Crippen molar-refractivity contribution in [2.75, 3.05) is 5.73 Å². The van der Waals surface area contributed by atoms with Crippen LogP contribution in [0.4, 0.5) is 5.69 Å². The van der Waals surface area contributed by atoms with Crippen molar-refractivity contribution < 1.29 is 4.74 Å². The van der Waals surface area contributed by atoms with Gasteiger partial charge >= 0.3 is 0 Å². The van der Waals surface area contributed by atoms with Gasteiger partial charge in [0.15, 0.2) is 0 Å². The van der Waals surface area contributed by atoms with E-state index in [9.17, 15) is 0 Å². The molecule has 0 spiro atoms. The summed E-state index contributed by atoms with van der Waals surface area (Å²) in [6, 6.07) is 7.87. The van der Waals surface area contributed by atoms with Gasteiger partial charge in [-0.05, 0) is 58.1 Å². The van der Waals surface area contributed by atoms with Crippen LogP contribution in [0.25, 0.3) is 0 Å². The Bertz CT molecular complexity index is 597. The summed E-state index contributed by atoms with van der Waals surface area (Å²) in [7, 11) is 0. The minimum atomic E-state index is 0.510. The molecule has 0 amide bonds. The molecule has 0 fully saturated rings. The van der Waals surface area contributed by atoms with Gasteiger partial charge in [0, 0.05) is 0 Å². The lowest BCUT2D eigenvalue weighted by Gasteiger charge is -2.12. The van der Waals surface area contributed by atoms with Gasteiger partial charge < -0.3 is 10.5 Å². The Kier molecular flexibility index (Phi) is 4.10. The van der Waals surface area contributed by atoms with Crippen molar-refractivity contribution in [3.63, 3.8) is 0 Å². The topological polar surface area (TPSA) is 48.1 Å². The Balaban J connectivity index is 2.26. The normalized spacial score (nSPS) is 10.8. The average Bonchev–Trinajstić information content (AvgIpc) is 2.32. The van der Waals surface area contributed by atoms with Crippen LogP contribution in [0, 0.1) is 6.92 Å². The molecule has 2 N–H and O–H groups in total. The summed E-state index contributed by atoms with van der Waals surface area (Å²) in [5.74, 6) is 1.81. The molecule has 0 bridgehead atoms. The van der Waals surface area contributed by atoms with Gasteiger partial charge in [0.2, 0.25) is 5.88 Å². The first-order valence-corrected chi connectivity index (χ1v) is 6.96. The van der Waals surface area contributed by atoms with E-state index in [1.54, 1.807) is 12.3 Å². The predicted molar refractivity (Wildman–Crippen MR) is 81.7 cm³/mol. The summed E-state index contributed by atoms with van der Waals surface area (Å²) in [6.07, 6.45) is 1.58. The highest BCUT2D eigenvalue weighted by Gasteiger charge is 2.08. The van der Waals surface area contributed by atoms with Crippen molar-refractivity contribution in [1.82, 2.24) is 4.98 Å². The minimum Gasteiger partial charge on any atom is -0.438 e. The van der Waals surface area contributed by atoms with Crippen molar-refractivity contribution in [3.05, 3.63) is 46.1 Å². The Morgan fingerprint density at radius 1 is 1.26 bits per heavy atom. The largest absolute Gasteiger partial charge is 0.438 e. The standard InChI is InChI=1S/C15H17BrN2O/c1-9(2)13-5-4-12(6-10(13)3)19-15-14(16)7-11(17)8-18-15/h4-9H,17H2,1-3H3. The highest BCUT2D eigenvalue weighted by Crippen LogP contribution is 2.30. The lowest BCUT2D eigenvalue weighted by Crippen LogP contribution is -1.95. The zero-order valence-electron chi connectivity index (χ0n) is 11.3. The number of nitrogens with zero attached hydrogens (tertiary/aromatic N) is 1. The molecule has 1 aromatic heterocycles. The van der Waals surface area contributed by atoms with E-state index in [0.29, 0.717) is 17.5 Å². The fraction of sp³-hybridized carbons (Fsp3) is 0.267. The van der Waals surface area contributed by atoms with E-state index >= 15 is 0 Å². The molecule has 0 saturated carbocycles. The number of hydrogen-bond acceptors (Lipinski definition) is 3. The van der Waals surface area contributed by atoms with Crippen molar-refractivity contribution in [2.24, 2.45) is 0 Å². The molecule has 2 rings (SSSR count). The van der Waals surface area contributed by atoms with Crippen LogP contribution in [0.1, 0.15) is 30.9 Å². The highest BCUT2D eigenvalue weighted by molar-refractivity contribution is 9.10. The summed E-state index contributed by atoms with van der Waals surface area (Å²) >= 11 is 3.39. The molecule has 0 aliphatic heterocycles. The maximum atomic E-state index is 5.77. The highest BCUT2D eigenvalue weighted by atomic mass is 79.9. The quantitative estimate of drug-likeness (QED) is 0.895. The molecule has 19 heavy (non-hydrogen) atoms. The smallest absolute Gasteiger partial charge is 0.233 e. The fourth-order valence-electron chi connectivity index (χ4n) is 1.99. The zero-order valence-corrected chi connectivity index (χ0v) is 12.9. The number of hydrogen-bond donors (Lipinski definition) is 1. The Morgan fingerprint density at radius 2 is 2.00 bits per heavy atom. The first kappa shape index (κ1) is 13.9. The summed E-state index contributed by atoms with van der Waals surface area (Å²) < 4.78 is 6.51. The number of rotatable bonds is 3. The van der Waals surface area contributed by atoms with Crippen molar-refractivity contribution in [3.8, 4) is 11.6 Å². The Morgan fingerprint density at radius 3 is 2.58 bits per heavy atom. The van der Waals surface area contributed by atoms with Crippen molar-refractivity contribution in [2.45, 2.75) is 26.7 Å². The molecular formula is C15H17BrN2O. The van der Waals surface area contributed by atoms with Crippen LogP contribution in [0.2, 0.25) is 0 Å². The summed E-state index contributed by atoms with van der Waals surface area (Å²) in [5, 5.41) is 0. The molecule has 0 radical (unpaired) electrons. The van der Waals surface area contributed by atoms with E-state index < -0.39 is 0 Å². The first-order chi connectivity index (χ1) is 8.97. The molecule has 4 heteroatoms. The van der Waals surface area contributed by atoms with Gasteiger partial charge in [0.25, 0.3) is 0 Å². The average molecular weight is 321 g/mol. The van der Waals surface area contributed by atoms with Crippen LogP contribution in [0.3, 0.4) is 0 Å². The fourth-order valence-corrected chi connectivity index (χ4v) is 2.43. The number of aryl methyl sites for hydroxylation is 1. The van der Waals surface area contributed by atoms with Crippen molar-refractivity contribution >= 4 is 21.6 Å². The predicted octanol–water partition coefficient (Wildman–Crippen LogP) is 4.65. The van der Waals surface area contributed by atoms with E-state index in [-0.39, 0.29) is 0 Å². The summed E-state index contributed by atoms with van der Waals surface area (Å²) in [6.45, 7) is 6.45. The number of nitrogens with two attached hydrogens (primary N) is 1. The third kappa shape index (κ3) is 3.26. The van der Waals surface area contributed by atoms with E-state index in [0.717, 1.165) is 10.2 Å². The number of pyridine rings is 1. The number of aromatic nitrogens is 1. The van der Waals surface area contributed by atoms with Crippen LogP contribution in [0.15, 0.2) is 34.9 Å². The molecule has 0 atom stereocenters. The van der Waals surface area contributed by atoms with Crippen LogP contribution in [-0.2, 0) is 0 Å². The van der Waals surface area contributed by atoms with Gasteiger partial charge in [-0.3, -0.25) is 0 Å². The van der Waals surface area contributed by atoms with Gasteiger partial charge in [-0.1, -0.05) is 19.9 Å². The Labute approximate surface area is 121 Å². The lowest BCUT2D eigenvalue weighted by molar-refractivity contribution is 0.459. The van der Waals surface area contributed by atoms with Gasteiger partial charge in [-0.2, -0.15) is 0 Å². The molecule has 0 aliphatic carbocycles. The third-order valence-electron chi connectivity index (χ3n) is 2.91. The van der Waals surface area contributed by atoms with E-state index in [1.165, 1.54) is 11.1 Å². The molecule has 0 aliphatic rings. The maximum absolute atomic E-state index is 5.77. The number of anilines is 1. The summed E-state index contributed by atoms with van der Waals surface area (Å²) in [4.78, 5) is 4.17. The second-order valence-corrected chi connectivity index (χ2v) is 5.69. The molecule has 1 heterocycles. The third-order valence-corrected chi connectivity index (χ3v) is 3.47. The van der Waals surface area contributed by atoms with Crippen LogP contribution >= 0.6 is 15.9 Å².